The summed E-state index contributed by atoms with van der Waals surface area (Å²) in [5.41, 5.74) is 11.2. The number of hydrogen-bond acceptors (Lipinski definition) is 3. The summed E-state index contributed by atoms with van der Waals surface area (Å²) in [5.74, 6) is 0.515. The largest absolute Gasteiger partial charge is 0.369 e. The van der Waals surface area contributed by atoms with Crippen LogP contribution in [-0.2, 0) is 5.54 Å². The van der Waals surface area contributed by atoms with Crippen molar-refractivity contribution in [3.8, 4) is 11.1 Å². The molecule has 3 rings (SSSR count). The molecule has 0 aliphatic carbocycles. The summed E-state index contributed by atoms with van der Waals surface area (Å²) in [6.07, 6.45) is 0. The van der Waals surface area contributed by atoms with Crippen LogP contribution in [0.2, 0.25) is 5.02 Å². The molecule has 3 nitrogen and oxygen atoms in total. The van der Waals surface area contributed by atoms with Gasteiger partial charge in [-0.05, 0) is 54.3 Å². The van der Waals surface area contributed by atoms with E-state index in [4.69, 9.17) is 22.3 Å². The molecule has 0 spiro atoms. The van der Waals surface area contributed by atoms with E-state index in [-0.39, 0.29) is 0 Å². The zero-order valence-electron chi connectivity index (χ0n) is 14.0. The van der Waals surface area contributed by atoms with Gasteiger partial charge in [0.2, 0.25) is 0 Å². The van der Waals surface area contributed by atoms with E-state index in [1.807, 2.05) is 30.1 Å². The van der Waals surface area contributed by atoms with E-state index in [1.165, 1.54) is 0 Å². The van der Waals surface area contributed by atoms with Crippen LogP contribution in [0.1, 0.15) is 19.4 Å². The minimum atomic E-state index is -0.484. The van der Waals surface area contributed by atoms with Gasteiger partial charge in [0.05, 0.1) is 0 Å². The lowest BCUT2D eigenvalue weighted by atomic mass is 9.84. The third-order valence-electron chi connectivity index (χ3n) is 4.74. The molecule has 0 aromatic heterocycles. The van der Waals surface area contributed by atoms with E-state index in [1.54, 1.807) is 0 Å². The molecule has 0 saturated carbocycles. The second-order valence-electron chi connectivity index (χ2n) is 6.20. The molecular weight excluding hydrogens is 337 g/mol. The van der Waals surface area contributed by atoms with Crippen LogP contribution in [0, 0.1) is 0 Å². The van der Waals surface area contributed by atoms with Crippen molar-refractivity contribution in [2.75, 3.05) is 7.05 Å². The van der Waals surface area contributed by atoms with Gasteiger partial charge in [-0.3, -0.25) is 0 Å². The van der Waals surface area contributed by atoms with Crippen molar-refractivity contribution in [1.29, 1.82) is 0 Å². The lowest BCUT2D eigenvalue weighted by Gasteiger charge is -2.37. The van der Waals surface area contributed by atoms with Crippen molar-refractivity contribution >= 4 is 26.8 Å². The number of nitrogens with zero attached hydrogens (tertiary/aromatic N) is 2. The number of hydrogen-bond donors (Lipinski definition) is 1. The van der Waals surface area contributed by atoms with E-state index in [0.29, 0.717) is 5.96 Å². The van der Waals surface area contributed by atoms with E-state index in [9.17, 15) is 0 Å². The van der Waals surface area contributed by atoms with Crippen LogP contribution in [0.3, 0.4) is 0 Å². The molecule has 124 valence electrons. The summed E-state index contributed by atoms with van der Waals surface area (Å²) in [6, 6.07) is 16.3. The Hall–Kier alpha value is -1.83. The Morgan fingerprint density at radius 3 is 2.42 bits per heavy atom. The fraction of sp³-hybridized carbons (Fsp3) is 0.211. The van der Waals surface area contributed by atoms with E-state index >= 15 is 0 Å². The van der Waals surface area contributed by atoms with Crippen LogP contribution in [0.25, 0.3) is 11.1 Å². The van der Waals surface area contributed by atoms with Crippen molar-refractivity contribution in [3.63, 3.8) is 0 Å². The Morgan fingerprint density at radius 2 is 1.75 bits per heavy atom. The van der Waals surface area contributed by atoms with Gasteiger partial charge in [0.15, 0.2) is 5.96 Å². The second kappa shape index (κ2) is 6.23. The maximum Gasteiger partial charge on any atom is 0.196 e. The van der Waals surface area contributed by atoms with Gasteiger partial charge in [-0.1, -0.05) is 51.2 Å². The summed E-state index contributed by atoms with van der Waals surface area (Å²) in [6.45, 7) is 4.20. The molecule has 2 N–H and O–H groups in total. The number of nitrogens with two attached hydrogens (primary N) is 1. The van der Waals surface area contributed by atoms with Gasteiger partial charge in [0.25, 0.3) is 0 Å². The van der Waals surface area contributed by atoms with Crippen LogP contribution in [0.5, 0.6) is 0 Å². The lowest BCUT2D eigenvalue weighted by Crippen LogP contribution is -2.41. The molecule has 2 aromatic carbocycles. The monoisotopic (exact) mass is 357 g/mol. The van der Waals surface area contributed by atoms with Crippen molar-refractivity contribution in [2.45, 2.75) is 19.4 Å². The van der Waals surface area contributed by atoms with Crippen LogP contribution in [-0.4, -0.2) is 17.9 Å². The maximum absolute atomic E-state index is 6.13. The Labute approximate surface area is 150 Å². The average Bonchev–Trinajstić information content (AvgIpc) is 2.58. The van der Waals surface area contributed by atoms with Crippen molar-refractivity contribution < 1.29 is 0 Å². The molecule has 0 amide bonds. The Kier molecular flexibility index (Phi) is 4.42. The zero-order chi connectivity index (χ0) is 17.5. The molecule has 24 heavy (non-hydrogen) atoms. The summed E-state index contributed by atoms with van der Waals surface area (Å²) >= 11 is 6.13. The predicted molar refractivity (Wildman–Crippen MR) is 106 cm³/mol. The molecule has 1 heterocycles. The zero-order valence-corrected chi connectivity index (χ0v) is 16.0. The molecule has 0 bridgehead atoms. The van der Waals surface area contributed by atoms with Crippen LogP contribution in [0.4, 0.5) is 0 Å². The average molecular weight is 358 g/mol. The molecular formula is C19H21ClN3P. The second-order valence-corrected chi connectivity index (χ2v) is 7.19. The number of benzene rings is 2. The van der Waals surface area contributed by atoms with Crippen molar-refractivity contribution in [1.82, 2.24) is 4.90 Å². The number of guanidine groups is 1. The third kappa shape index (κ3) is 2.83. The summed E-state index contributed by atoms with van der Waals surface area (Å²) in [4.78, 5) is 6.66. The van der Waals surface area contributed by atoms with E-state index in [2.05, 4.69) is 53.4 Å². The Morgan fingerprint density at radius 1 is 1.12 bits per heavy atom. The topological polar surface area (TPSA) is 41.6 Å². The normalized spacial score (nSPS) is 21.0. The summed E-state index contributed by atoms with van der Waals surface area (Å²) < 4.78 is 0. The standard InChI is InChI=1S/C19H21ClN3P/c1-12-17(24)23(3)18(21)22-19(12,2)15-8-4-6-13(10-15)14-7-5-9-16(20)11-14/h4-11H,24H2,1-3H3,(H2,21,22)/t19-/m0/s1. The summed E-state index contributed by atoms with van der Waals surface area (Å²) in [7, 11) is 4.69. The number of halogens is 1. The lowest BCUT2D eigenvalue weighted by molar-refractivity contribution is 0.508. The molecule has 0 radical (unpaired) electrons. The van der Waals surface area contributed by atoms with Gasteiger partial charge in [0, 0.05) is 17.5 Å². The molecule has 0 saturated heterocycles. The highest BCUT2D eigenvalue weighted by Gasteiger charge is 2.35. The maximum atomic E-state index is 6.13. The highest BCUT2D eigenvalue weighted by molar-refractivity contribution is 7.22. The minimum Gasteiger partial charge on any atom is -0.369 e. The Bertz CT molecular complexity index is 859. The van der Waals surface area contributed by atoms with Gasteiger partial charge in [-0.2, -0.15) is 0 Å². The highest BCUT2D eigenvalue weighted by Crippen LogP contribution is 2.41. The van der Waals surface area contributed by atoms with Gasteiger partial charge in [-0.15, -0.1) is 0 Å². The number of rotatable bonds is 2. The molecule has 0 fully saturated rings. The molecule has 1 aliphatic heterocycles. The van der Waals surface area contributed by atoms with Crippen molar-refractivity contribution in [2.24, 2.45) is 10.7 Å². The predicted octanol–water partition coefficient (Wildman–Crippen LogP) is 4.59. The first-order valence-electron chi connectivity index (χ1n) is 7.75. The van der Waals surface area contributed by atoms with Crippen LogP contribution in [0.15, 0.2) is 64.5 Å². The van der Waals surface area contributed by atoms with Crippen LogP contribution < -0.4 is 5.73 Å². The first kappa shape index (κ1) is 17.0. The van der Waals surface area contributed by atoms with Crippen molar-refractivity contribution in [3.05, 3.63) is 70.1 Å². The SMILES string of the molecule is CC1=C(P)N(C)C(N)=N[C@]1(C)c1cccc(-c2cccc(Cl)c2)c1. The van der Waals surface area contributed by atoms with Gasteiger partial charge < -0.3 is 10.6 Å². The van der Waals surface area contributed by atoms with E-state index in [0.717, 1.165) is 32.7 Å². The first-order chi connectivity index (χ1) is 11.3. The Balaban J connectivity index is 2.12. The summed E-state index contributed by atoms with van der Waals surface area (Å²) in [5, 5.41) is 0.731. The van der Waals surface area contributed by atoms with Gasteiger partial charge in [-0.25, -0.2) is 4.99 Å². The molecule has 2 atom stereocenters. The third-order valence-corrected chi connectivity index (χ3v) is 5.80. The van der Waals surface area contributed by atoms with E-state index < -0.39 is 5.54 Å². The molecule has 1 unspecified atom stereocenters. The highest BCUT2D eigenvalue weighted by atomic mass is 35.5. The quantitative estimate of drug-likeness (QED) is 0.799. The first-order valence-corrected chi connectivity index (χ1v) is 8.71. The van der Waals surface area contributed by atoms with Gasteiger partial charge >= 0.3 is 0 Å². The number of aliphatic imine (C=N–C) groups is 1. The van der Waals surface area contributed by atoms with Gasteiger partial charge in [0.1, 0.15) is 5.54 Å². The molecule has 5 heteroatoms. The fourth-order valence-electron chi connectivity index (χ4n) is 2.96. The molecule has 2 aromatic rings. The fourth-order valence-corrected chi connectivity index (χ4v) is 3.57. The minimum absolute atomic E-state index is 0.484. The smallest absolute Gasteiger partial charge is 0.196 e. The molecule has 1 aliphatic rings. The van der Waals surface area contributed by atoms with Crippen LogP contribution >= 0.6 is 20.8 Å².